The number of hydrogen-bond acceptors (Lipinski definition) is 4. The number of ether oxygens (including phenoxy) is 1. The molecule has 156 valence electrons. The number of aryl methyl sites for hydroxylation is 1. The summed E-state index contributed by atoms with van der Waals surface area (Å²) in [4.78, 5) is 30.5. The second-order valence-corrected chi connectivity index (χ2v) is 8.97. The van der Waals surface area contributed by atoms with Gasteiger partial charge in [-0.3, -0.25) is 9.59 Å². The molecule has 1 aliphatic rings. The number of methoxy groups -OCH3 is 1. The van der Waals surface area contributed by atoms with Crippen molar-refractivity contribution in [3.63, 3.8) is 0 Å². The summed E-state index contributed by atoms with van der Waals surface area (Å²) in [6.45, 7) is 5.01. The predicted octanol–water partition coefficient (Wildman–Crippen LogP) is 3.63. The summed E-state index contributed by atoms with van der Waals surface area (Å²) in [5, 5.41) is 1.40. The van der Waals surface area contributed by atoms with Crippen LogP contribution < -0.4 is 0 Å². The first-order chi connectivity index (χ1) is 13.9. The fourth-order valence-electron chi connectivity index (χ4n) is 3.67. The predicted molar refractivity (Wildman–Crippen MR) is 117 cm³/mol. The highest BCUT2D eigenvalue weighted by atomic mass is 35.5. The lowest BCUT2D eigenvalue weighted by molar-refractivity contribution is -0.141. The quantitative estimate of drug-likeness (QED) is 0.625. The first-order valence-electron chi connectivity index (χ1n) is 9.76. The third-order valence-corrected chi connectivity index (χ3v) is 6.41. The highest BCUT2D eigenvalue weighted by Gasteiger charge is 2.34. The van der Waals surface area contributed by atoms with Crippen LogP contribution in [0.2, 0.25) is 0 Å². The molecular formula is C22H27ClN2O3S. The van der Waals surface area contributed by atoms with E-state index in [1.807, 2.05) is 4.90 Å². The highest BCUT2D eigenvalue weighted by Crippen LogP contribution is 2.37. The van der Waals surface area contributed by atoms with Crippen LogP contribution in [0.25, 0.3) is 0 Å². The largest absolute Gasteiger partial charge is 0.383 e. The molecule has 2 atom stereocenters. The van der Waals surface area contributed by atoms with Crippen LogP contribution in [0.4, 0.5) is 0 Å². The molecule has 0 bridgehead atoms. The minimum Gasteiger partial charge on any atom is -0.383 e. The van der Waals surface area contributed by atoms with Gasteiger partial charge in [0.25, 0.3) is 0 Å². The van der Waals surface area contributed by atoms with Crippen molar-refractivity contribution in [2.75, 3.05) is 33.4 Å². The molecule has 0 saturated heterocycles. The van der Waals surface area contributed by atoms with Gasteiger partial charge < -0.3 is 14.5 Å². The number of nitrogens with zero attached hydrogens (tertiary/aromatic N) is 2. The number of rotatable bonds is 7. The number of benzene rings is 1. The molecular weight excluding hydrogens is 408 g/mol. The molecule has 0 saturated carbocycles. The van der Waals surface area contributed by atoms with E-state index >= 15 is 0 Å². The molecule has 7 heteroatoms. The minimum absolute atomic E-state index is 0.00108. The van der Waals surface area contributed by atoms with Crippen LogP contribution in [0.1, 0.15) is 34.5 Å². The number of alkyl halides is 1. The van der Waals surface area contributed by atoms with Gasteiger partial charge >= 0.3 is 0 Å². The van der Waals surface area contributed by atoms with E-state index in [-0.39, 0.29) is 24.4 Å². The summed E-state index contributed by atoms with van der Waals surface area (Å²) < 4.78 is 5.11. The molecule has 0 N–H and O–H groups in total. The molecule has 0 fully saturated rings. The number of carbonyl (C=O) groups is 2. The Kier molecular flexibility index (Phi) is 7.33. The zero-order valence-corrected chi connectivity index (χ0v) is 18.6. The van der Waals surface area contributed by atoms with Gasteiger partial charge in [0.05, 0.1) is 19.2 Å². The lowest BCUT2D eigenvalue weighted by atomic mass is 9.92. The molecule has 0 aliphatic carbocycles. The zero-order valence-electron chi connectivity index (χ0n) is 17.1. The van der Waals surface area contributed by atoms with Crippen LogP contribution in [0, 0.1) is 6.92 Å². The second-order valence-electron chi connectivity index (χ2n) is 7.32. The van der Waals surface area contributed by atoms with E-state index in [0.29, 0.717) is 19.7 Å². The Balaban J connectivity index is 1.87. The van der Waals surface area contributed by atoms with E-state index in [4.69, 9.17) is 16.3 Å². The van der Waals surface area contributed by atoms with E-state index in [9.17, 15) is 9.59 Å². The molecule has 2 aromatic rings. The van der Waals surface area contributed by atoms with E-state index < -0.39 is 5.38 Å². The molecule has 1 aromatic carbocycles. The van der Waals surface area contributed by atoms with E-state index in [1.165, 1.54) is 20.9 Å². The molecule has 2 heterocycles. The molecule has 0 radical (unpaired) electrons. The maximum atomic E-state index is 13.3. The fourth-order valence-corrected chi connectivity index (χ4v) is 4.71. The normalized spacial score (nSPS) is 17.0. The Hall–Kier alpha value is -1.89. The molecule has 0 spiro atoms. The molecule has 1 aliphatic heterocycles. The number of fused-ring (bicyclic) bond motifs is 1. The first-order valence-corrected chi connectivity index (χ1v) is 11.1. The molecule has 5 nitrogen and oxygen atoms in total. The van der Waals surface area contributed by atoms with Crippen LogP contribution in [0.3, 0.4) is 0 Å². The second kappa shape index (κ2) is 9.74. The van der Waals surface area contributed by atoms with E-state index in [0.717, 1.165) is 12.0 Å². The molecule has 3 rings (SSSR count). The maximum absolute atomic E-state index is 13.3. The van der Waals surface area contributed by atoms with Crippen LogP contribution in [-0.4, -0.2) is 60.3 Å². The number of carbonyl (C=O) groups excluding carboxylic acids is 2. The number of halogens is 1. The Morgan fingerprint density at radius 1 is 1.31 bits per heavy atom. The summed E-state index contributed by atoms with van der Waals surface area (Å²) in [7, 11) is 1.57. The maximum Gasteiger partial charge on any atom is 0.242 e. The van der Waals surface area contributed by atoms with Crippen LogP contribution >= 0.6 is 22.9 Å². The van der Waals surface area contributed by atoms with Gasteiger partial charge in [-0.2, -0.15) is 0 Å². The SMILES string of the molecule is COCCN(CC(=O)N1CCc2sccc2C1c1ccc(C)cc1)C(=O)C(C)Cl. The van der Waals surface area contributed by atoms with E-state index in [1.54, 1.807) is 25.4 Å². The highest BCUT2D eigenvalue weighted by molar-refractivity contribution is 7.10. The van der Waals surface area contributed by atoms with Crippen molar-refractivity contribution in [2.24, 2.45) is 0 Å². The molecule has 2 unspecified atom stereocenters. The van der Waals surface area contributed by atoms with Crippen molar-refractivity contribution in [1.29, 1.82) is 0 Å². The summed E-state index contributed by atoms with van der Waals surface area (Å²) in [6, 6.07) is 10.3. The van der Waals surface area contributed by atoms with Gasteiger partial charge in [0.2, 0.25) is 11.8 Å². The van der Waals surface area contributed by atoms with Gasteiger partial charge in [0.15, 0.2) is 0 Å². The summed E-state index contributed by atoms with van der Waals surface area (Å²) in [5.41, 5.74) is 3.45. The summed E-state index contributed by atoms with van der Waals surface area (Å²) >= 11 is 7.75. The standard InChI is InChI=1S/C22H27ClN2O3S/c1-15-4-6-17(7-5-15)21-18-9-13-29-19(18)8-10-25(21)20(26)14-24(11-12-28-3)22(27)16(2)23/h4-7,9,13,16,21H,8,10-12,14H2,1-3H3. The third kappa shape index (κ3) is 5.00. The van der Waals surface area contributed by atoms with Crippen molar-refractivity contribution in [3.05, 3.63) is 57.3 Å². The average molecular weight is 435 g/mol. The van der Waals surface area contributed by atoms with E-state index in [2.05, 4.69) is 42.6 Å². The van der Waals surface area contributed by atoms with Gasteiger partial charge in [-0.25, -0.2) is 0 Å². The topological polar surface area (TPSA) is 49.9 Å². The summed E-state index contributed by atoms with van der Waals surface area (Å²) in [5.74, 6) is -0.327. The fraction of sp³-hybridized carbons (Fsp3) is 0.455. The van der Waals surface area contributed by atoms with Gasteiger partial charge in [0.1, 0.15) is 5.38 Å². The van der Waals surface area contributed by atoms with Gasteiger partial charge in [-0.15, -0.1) is 22.9 Å². The van der Waals surface area contributed by atoms with Crippen molar-refractivity contribution in [3.8, 4) is 0 Å². The van der Waals surface area contributed by atoms with Gasteiger partial charge in [-0.05, 0) is 42.8 Å². The summed E-state index contributed by atoms with van der Waals surface area (Å²) in [6.07, 6.45) is 0.832. The lowest BCUT2D eigenvalue weighted by Gasteiger charge is -2.37. The monoisotopic (exact) mass is 434 g/mol. The van der Waals surface area contributed by atoms with Crippen molar-refractivity contribution in [2.45, 2.75) is 31.7 Å². The Bertz CT molecular complexity index is 850. The molecule has 29 heavy (non-hydrogen) atoms. The number of amides is 2. The van der Waals surface area contributed by atoms with Gasteiger partial charge in [-0.1, -0.05) is 29.8 Å². The van der Waals surface area contributed by atoms with Crippen LogP contribution in [0.5, 0.6) is 0 Å². The van der Waals surface area contributed by atoms with Gasteiger partial charge in [0, 0.05) is 25.1 Å². The zero-order chi connectivity index (χ0) is 21.0. The van der Waals surface area contributed by atoms with Crippen LogP contribution in [-0.2, 0) is 20.7 Å². The van der Waals surface area contributed by atoms with Crippen LogP contribution in [0.15, 0.2) is 35.7 Å². The molecule has 2 amide bonds. The Morgan fingerprint density at radius 3 is 2.69 bits per heavy atom. The lowest BCUT2D eigenvalue weighted by Crippen LogP contribution is -2.48. The smallest absolute Gasteiger partial charge is 0.242 e. The first kappa shape index (κ1) is 21.8. The Morgan fingerprint density at radius 2 is 2.03 bits per heavy atom. The molecule has 1 aromatic heterocycles. The van der Waals surface area contributed by atoms with Crippen molar-refractivity contribution in [1.82, 2.24) is 9.80 Å². The average Bonchev–Trinajstić information content (AvgIpc) is 3.19. The number of thiophene rings is 1. The van der Waals surface area contributed by atoms with Crippen molar-refractivity contribution < 1.29 is 14.3 Å². The minimum atomic E-state index is -0.683. The third-order valence-electron chi connectivity index (χ3n) is 5.22. The Labute approximate surface area is 181 Å². The van der Waals surface area contributed by atoms with Crippen molar-refractivity contribution >= 4 is 34.8 Å². The number of hydrogen-bond donors (Lipinski definition) is 0.